The molecular formula is C12H10N4O3. The summed E-state index contributed by atoms with van der Waals surface area (Å²) < 4.78 is 0. The zero-order valence-electron chi connectivity index (χ0n) is 10.0. The van der Waals surface area contributed by atoms with Gasteiger partial charge in [0.1, 0.15) is 17.7 Å². The zero-order chi connectivity index (χ0) is 14.0. The van der Waals surface area contributed by atoms with Crippen LogP contribution in [0.1, 0.15) is 32.1 Å². The Kier molecular flexibility index (Phi) is 3.19. The smallest absolute Gasteiger partial charge is 0.265 e. The first-order valence-corrected chi connectivity index (χ1v) is 5.35. The van der Waals surface area contributed by atoms with Gasteiger partial charge < -0.3 is 10.7 Å². The van der Waals surface area contributed by atoms with Gasteiger partial charge in [-0.1, -0.05) is 0 Å². The Balaban J connectivity index is 2.53. The van der Waals surface area contributed by atoms with E-state index in [9.17, 15) is 14.4 Å². The van der Waals surface area contributed by atoms with Gasteiger partial charge in [-0.25, -0.2) is 9.97 Å². The third-order valence-electron chi connectivity index (χ3n) is 2.54. The van der Waals surface area contributed by atoms with Crippen LogP contribution in [0.5, 0.6) is 0 Å². The summed E-state index contributed by atoms with van der Waals surface area (Å²) in [5.41, 5.74) is 4.85. The van der Waals surface area contributed by atoms with Crippen molar-refractivity contribution in [3.63, 3.8) is 0 Å². The number of nitrogens with zero attached hydrogens (tertiary/aromatic N) is 2. The third-order valence-corrected chi connectivity index (χ3v) is 2.54. The number of rotatable bonds is 3. The molecule has 2 aromatic rings. The molecule has 0 radical (unpaired) electrons. The molecule has 2 aromatic heterocycles. The quantitative estimate of drug-likeness (QED) is 0.739. The minimum Gasteiger partial charge on any atom is -0.364 e. The van der Waals surface area contributed by atoms with Gasteiger partial charge in [0.25, 0.3) is 11.5 Å². The van der Waals surface area contributed by atoms with Gasteiger partial charge in [0.15, 0.2) is 0 Å². The SMILES string of the molecule is Cc1cc(C(=O)c2ccncn2)c(=O)[nH]c1C(N)=O. The fourth-order valence-corrected chi connectivity index (χ4v) is 1.62. The number of pyridine rings is 1. The number of hydrogen-bond donors (Lipinski definition) is 2. The Morgan fingerprint density at radius 2 is 2.11 bits per heavy atom. The van der Waals surface area contributed by atoms with Gasteiger partial charge >= 0.3 is 0 Å². The minimum absolute atomic E-state index is 0.00997. The van der Waals surface area contributed by atoms with Crippen molar-refractivity contribution in [3.8, 4) is 0 Å². The summed E-state index contributed by atoms with van der Waals surface area (Å²) in [5.74, 6) is -1.29. The van der Waals surface area contributed by atoms with E-state index in [0.717, 1.165) is 0 Å². The van der Waals surface area contributed by atoms with E-state index in [1.165, 1.54) is 24.7 Å². The Morgan fingerprint density at radius 1 is 1.37 bits per heavy atom. The number of H-pyrrole nitrogens is 1. The lowest BCUT2D eigenvalue weighted by molar-refractivity contribution is 0.0990. The number of aryl methyl sites for hydroxylation is 1. The molecule has 7 heteroatoms. The first-order valence-electron chi connectivity index (χ1n) is 5.35. The minimum atomic E-state index is -0.754. The molecule has 0 saturated heterocycles. The summed E-state index contributed by atoms with van der Waals surface area (Å²) in [6.45, 7) is 1.58. The van der Waals surface area contributed by atoms with E-state index >= 15 is 0 Å². The standard InChI is InChI=1S/C12H10N4O3/c1-6-4-7(12(19)16-9(6)11(13)18)10(17)8-2-3-14-5-15-8/h2-5H,1H3,(H2,13,18)(H,16,19). The molecule has 0 bridgehead atoms. The molecule has 0 aliphatic carbocycles. The molecule has 0 fully saturated rings. The van der Waals surface area contributed by atoms with Crippen LogP contribution >= 0.6 is 0 Å². The molecule has 0 atom stereocenters. The van der Waals surface area contributed by atoms with Gasteiger partial charge in [0.05, 0.1) is 5.56 Å². The van der Waals surface area contributed by atoms with Crippen molar-refractivity contribution in [2.75, 3.05) is 0 Å². The van der Waals surface area contributed by atoms with E-state index in [1.807, 2.05) is 0 Å². The van der Waals surface area contributed by atoms with Crippen molar-refractivity contribution in [2.24, 2.45) is 5.73 Å². The number of aromatic nitrogens is 3. The highest BCUT2D eigenvalue weighted by molar-refractivity contribution is 6.07. The average Bonchev–Trinajstić information content (AvgIpc) is 2.41. The number of carbonyl (C=O) groups is 2. The molecule has 19 heavy (non-hydrogen) atoms. The second-order valence-electron chi connectivity index (χ2n) is 3.86. The monoisotopic (exact) mass is 258 g/mol. The van der Waals surface area contributed by atoms with Gasteiger partial charge in [-0.3, -0.25) is 14.4 Å². The number of primary amides is 1. The topological polar surface area (TPSA) is 119 Å². The molecular weight excluding hydrogens is 248 g/mol. The predicted octanol–water partition coefficient (Wildman–Crippen LogP) is -0.197. The van der Waals surface area contributed by atoms with Crippen LogP contribution < -0.4 is 11.3 Å². The molecule has 1 amide bonds. The fraction of sp³-hybridized carbons (Fsp3) is 0.0833. The van der Waals surface area contributed by atoms with E-state index in [4.69, 9.17) is 5.73 Å². The Hall–Kier alpha value is -2.83. The van der Waals surface area contributed by atoms with E-state index in [2.05, 4.69) is 15.0 Å². The molecule has 0 aliphatic heterocycles. The van der Waals surface area contributed by atoms with Crippen LogP contribution in [0, 0.1) is 6.92 Å². The van der Waals surface area contributed by atoms with Crippen molar-refractivity contribution in [2.45, 2.75) is 6.92 Å². The van der Waals surface area contributed by atoms with Gasteiger partial charge in [-0.05, 0) is 24.6 Å². The van der Waals surface area contributed by atoms with E-state index < -0.39 is 17.2 Å². The summed E-state index contributed by atoms with van der Waals surface area (Å²) in [4.78, 5) is 44.7. The molecule has 7 nitrogen and oxygen atoms in total. The van der Waals surface area contributed by atoms with Gasteiger partial charge in [-0.15, -0.1) is 0 Å². The lowest BCUT2D eigenvalue weighted by Gasteiger charge is -2.04. The van der Waals surface area contributed by atoms with Crippen LogP contribution in [0.25, 0.3) is 0 Å². The number of nitrogens with one attached hydrogen (secondary N) is 1. The van der Waals surface area contributed by atoms with Gasteiger partial charge in [-0.2, -0.15) is 0 Å². The van der Waals surface area contributed by atoms with E-state index in [1.54, 1.807) is 6.92 Å². The lowest BCUT2D eigenvalue weighted by atomic mass is 10.1. The van der Waals surface area contributed by atoms with Crippen LogP contribution in [0.3, 0.4) is 0 Å². The third kappa shape index (κ3) is 2.39. The molecule has 0 aromatic carbocycles. The summed E-state index contributed by atoms with van der Waals surface area (Å²) >= 11 is 0. The molecule has 0 saturated carbocycles. The summed E-state index contributed by atoms with van der Waals surface area (Å²) in [6, 6.07) is 2.72. The van der Waals surface area contributed by atoms with Crippen LogP contribution in [0.2, 0.25) is 0 Å². The lowest BCUT2D eigenvalue weighted by Crippen LogP contribution is -2.25. The van der Waals surface area contributed by atoms with Crippen LogP contribution in [0.4, 0.5) is 0 Å². The van der Waals surface area contributed by atoms with Gasteiger partial charge in [0.2, 0.25) is 5.78 Å². The fourth-order valence-electron chi connectivity index (χ4n) is 1.62. The van der Waals surface area contributed by atoms with Crippen molar-refractivity contribution in [1.82, 2.24) is 15.0 Å². The number of ketones is 1. The summed E-state index contributed by atoms with van der Waals surface area (Å²) in [7, 11) is 0. The molecule has 2 heterocycles. The summed E-state index contributed by atoms with van der Waals surface area (Å²) in [6.07, 6.45) is 2.62. The second-order valence-corrected chi connectivity index (χ2v) is 3.86. The van der Waals surface area contributed by atoms with Crippen molar-refractivity contribution < 1.29 is 9.59 Å². The van der Waals surface area contributed by atoms with Crippen LogP contribution in [-0.2, 0) is 0 Å². The number of aromatic amines is 1. The van der Waals surface area contributed by atoms with E-state index in [0.29, 0.717) is 5.56 Å². The molecule has 96 valence electrons. The van der Waals surface area contributed by atoms with Crippen molar-refractivity contribution >= 4 is 11.7 Å². The Labute approximate surface area is 107 Å². The zero-order valence-corrected chi connectivity index (χ0v) is 10.0. The Bertz CT molecular complexity index is 707. The Morgan fingerprint density at radius 3 is 2.68 bits per heavy atom. The van der Waals surface area contributed by atoms with Crippen LogP contribution in [0.15, 0.2) is 29.5 Å². The van der Waals surface area contributed by atoms with E-state index in [-0.39, 0.29) is 17.0 Å². The maximum atomic E-state index is 12.1. The van der Waals surface area contributed by atoms with Crippen molar-refractivity contribution in [3.05, 3.63) is 57.5 Å². The van der Waals surface area contributed by atoms with Crippen molar-refractivity contribution in [1.29, 1.82) is 0 Å². The first-order chi connectivity index (χ1) is 9.00. The maximum Gasteiger partial charge on any atom is 0.265 e. The molecule has 0 spiro atoms. The highest BCUT2D eigenvalue weighted by Gasteiger charge is 2.17. The summed E-state index contributed by atoms with van der Waals surface area (Å²) in [5, 5.41) is 0. The first kappa shape index (κ1) is 12.6. The molecule has 0 unspecified atom stereocenters. The largest absolute Gasteiger partial charge is 0.364 e. The average molecular weight is 258 g/mol. The normalized spacial score (nSPS) is 10.2. The number of hydrogen-bond acceptors (Lipinski definition) is 5. The van der Waals surface area contributed by atoms with Crippen LogP contribution in [-0.4, -0.2) is 26.6 Å². The predicted molar refractivity (Wildman–Crippen MR) is 65.8 cm³/mol. The number of carbonyl (C=O) groups excluding carboxylic acids is 2. The molecule has 2 rings (SSSR count). The maximum absolute atomic E-state index is 12.1. The molecule has 0 aliphatic rings. The second kappa shape index (κ2) is 4.81. The van der Waals surface area contributed by atoms with Gasteiger partial charge in [0, 0.05) is 6.20 Å². The number of amides is 1. The molecule has 3 N–H and O–H groups in total. The highest BCUT2D eigenvalue weighted by Crippen LogP contribution is 2.07. The number of nitrogens with two attached hydrogens (primary N) is 1. The highest BCUT2D eigenvalue weighted by atomic mass is 16.2.